The number of hydrogen-bond donors (Lipinski definition) is 1. The summed E-state index contributed by atoms with van der Waals surface area (Å²) in [5, 5.41) is 2.97. The summed E-state index contributed by atoms with van der Waals surface area (Å²) in [6.45, 7) is 1.30. The third kappa shape index (κ3) is 2.86. The monoisotopic (exact) mass is 336 g/mol. The van der Waals surface area contributed by atoms with Gasteiger partial charge in [0.05, 0.1) is 19.2 Å². The molecule has 5 heteroatoms. The van der Waals surface area contributed by atoms with E-state index in [0.717, 1.165) is 47.5 Å². The van der Waals surface area contributed by atoms with Crippen LogP contribution >= 0.6 is 0 Å². The maximum Gasteiger partial charge on any atom is 0.251 e. The zero-order valence-electron chi connectivity index (χ0n) is 14.2. The van der Waals surface area contributed by atoms with E-state index in [1.54, 1.807) is 7.11 Å². The maximum atomic E-state index is 12.5. The fraction of sp³-hybridized carbons (Fsp3) is 0.300. The molecule has 2 amide bonds. The standard InChI is InChI=1S/C20H20N2O3/c1-25-17-4-2-3-13(9-17)5-7-21-20(24)16-10-14-6-8-22-18(23)12-15(11-16)19(14)22/h2-4,9-11H,5-8,12H2,1H3,(H,21,24). The van der Waals surface area contributed by atoms with Crippen molar-refractivity contribution < 1.29 is 14.3 Å². The molecule has 0 saturated carbocycles. The summed E-state index contributed by atoms with van der Waals surface area (Å²) < 4.78 is 5.21. The van der Waals surface area contributed by atoms with Crippen LogP contribution in [0.1, 0.15) is 27.0 Å². The predicted molar refractivity (Wildman–Crippen MR) is 95.2 cm³/mol. The molecule has 2 heterocycles. The smallest absolute Gasteiger partial charge is 0.251 e. The Bertz CT molecular complexity index is 860. The lowest BCUT2D eigenvalue weighted by atomic mass is 10.0. The van der Waals surface area contributed by atoms with Crippen LogP contribution < -0.4 is 15.0 Å². The molecule has 1 N–H and O–H groups in total. The SMILES string of the molecule is COc1cccc(CCNC(=O)c2cc3c4c(c2)CC(=O)N4CC3)c1. The second-order valence-electron chi connectivity index (χ2n) is 6.47. The van der Waals surface area contributed by atoms with E-state index < -0.39 is 0 Å². The Morgan fingerprint density at radius 2 is 2.08 bits per heavy atom. The van der Waals surface area contributed by atoms with Crippen molar-refractivity contribution in [3.8, 4) is 5.75 Å². The summed E-state index contributed by atoms with van der Waals surface area (Å²) in [7, 11) is 1.64. The van der Waals surface area contributed by atoms with Crippen molar-refractivity contribution in [1.29, 1.82) is 0 Å². The summed E-state index contributed by atoms with van der Waals surface area (Å²) in [5.74, 6) is 0.879. The van der Waals surface area contributed by atoms with Crippen LogP contribution in [0.25, 0.3) is 0 Å². The second kappa shape index (κ2) is 6.24. The van der Waals surface area contributed by atoms with Crippen LogP contribution in [0.2, 0.25) is 0 Å². The first kappa shape index (κ1) is 15.7. The van der Waals surface area contributed by atoms with Gasteiger partial charge in [0, 0.05) is 18.7 Å². The van der Waals surface area contributed by atoms with Crippen LogP contribution in [0, 0.1) is 0 Å². The van der Waals surface area contributed by atoms with Crippen LogP contribution in [-0.2, 0) is 24.1 Å². The summed E-state index contributed by atoms with van der Waals surface area (Å²) in [5.41, 5.74) is 4.90. The highest BCUT2D eigenvalue weighted by Crippen LogP contribution is 2.38. The van der Waals surface area contributed by atoms with Gasteiger partial charge in [-0.05, 0) is 53.8 Å². The normalized spacial score (nSPS) is 14.6. The van der Waals surface area contributed by atoms with Crippen LogP contribution in [0.3, 0.4) is 0 Å². The number of nitrogens with one attached hydrogen (secondary N) is 1. The number of benzene rings is 2. The molecule has 2 aromatic carbocycles. The molecule has 2 aromatic rings. The van der Waals surface area contributed by atoms with Gasteiger partial charge in [0.25, 0.3) is 5.91 Å². The lowest BCUT2D eigenvalue weighted by Crippen LogP contribution is -2.26. The summed E-state index contributed by atoms with van der Waals surface area (Å²) in [6, 6.07) is 11.6. The molecule has 0 bridgehead atoms. The fourth-order valence-corrected chi connectivity index (χ4v) is 3.67. The summed E-state index contributed by atoms with van der Waals surface area (Å²) >= 11 is 0. The van der Waals surface area contributed by atoms with Gasteiger partial charge in [0.1, 0.15) is 5.75 Å². The molecule has 0 radical (unpaired) electrons. The molecule has 2 aliphatic rings. The molecule has 0 unspecified atom stereocenters. The van der Waals surface area contributed by atoms with E-state index in [1.807, 2.05) is 41.3 Å². The van der Waals surface area contributed by atoms with E-state index in [1.165, 1.54) is 0 Å². The second-order valence-corrected chi connectivity index (χ2v) is 6.47. The number of amides is 2. The number of carbonyl (C=O) groups excluding carboxylic acids is 2. The highest BCUT2D eigenvalue weighted by atomic mass is 16.5. The minimum atomic E-state index is -0.0836. The van der Waals surface area contributed by atoms with Crippen LogP contribution in [0.15, 0.2) is 36.4 Å². The molecular formula is C20H20N2O3. The zero-order valence-corrected chi connectivity index (χ0v) is 14.2. The Morgan fingerprint density at radius 1 is 1.24 bits per heavy atom. The van der Waals surface area contributed by atoms with Gasteiger partial charge >= 0.3 is 0 Å². The number of anilines is 1. The molecular weight excluding hydrogens is 316 g/mol. The van der Waals surface area contributed by atoms with Gasteiger partial charge in [-0.2, -0.15) is 0 Å². The minimum Gasteiger partial charge on any atom is -0.497 e. The van der Waals surface area contributed by atoms with E-state index in [0.29, 0.717) is 18.5 Å². The van der Waals surface area contributed by atoms with Crippen molar-refractivity contribution in [2.45, 2.75) is 19.3 Å². The first-order valence-corrected chi connectivity index (χ1v) is 8.53. The van der Waals surface area contributed by atoms with Crippen molar-refractivity contribution >= 4 is 17.5 Å². The molecule has 0 aromatic heterocycles. The Balaban J connectivity index is 1.42. The van der Waals surface area contributed by atoms with E-state index in [9.17, 15) is 9.59 Å². The van der Waals surface area contributed by atoms with Crippen molar-refractivity contribution in [3.05, 3.63) is 58.7 Å². The molecule has 0 fully saturated rings. The molecule has 25 heavy (non-hydrogen) atoms. The summed E-state index contributed by atoms with van der Waals surface area (Å²) in [6.07, 6.45) is 1.99. The van der Waals surface area contributed by atoms with Gasteiger partial charge in [0.2, 0.25) is 5.91 Å². The fourth-order valence-electron chi connectivity index (χ4n) is 3.67. The first-order chi connectivity index (χ1) is 12.2. The van der Waals surface area contributed by atoms with Crippen LogP contribution in [0.5, 0.6) is 5.75 Å². The Kier molecular flexibility index (Phi) is 3.92. The highest BCUT2D eigenvalue weighted by Gasteiger charge is 2.34. The predicted octanol–water partition coefficient (Wildman–Crippen LogP) is 2.11. The third-order valence-corrected chi connectivity index (χ3v) is 4.88. The Morgan fingerprint density at radius 3 is 2.92 bits per heavy atom. The molecule has 5 nitrogen and oxygen atoms in total. The lowest BCUT2D eigenvalue weighted by Gasteiger charge is -2.10. The molecule has 0 atom stereocenters. The molecule has 2 aliphatic heterocycles. The topological polar surface area (TPSA) is 58.6 Å². The summed E-state index contributed by atoms with van der Waals surface area (Å²) in [4.78, 5) is 26.3. The Hall–Kier alpha value is -2.82. The largest absolute Gasteiger partial charge is 0.497 e. The van der Waals surface area contributed by atoms with E-state index >= 15 is 0 Å². The molecule has 0 aliphatic carbocycles. The van der Waals surface area contributed by atoms with E-state index in [2.05, 4.69) is 5.32 Å². The third-order valence-electron chi connectivity index (χ3n) is 4.88. The van der Waals surface area contributed by atoms with Crippen molar-refractivity contribution in [3.63, 3.8) is 0 Å². The first-order valence-electron chi connectivity index (χ1n) is 8.53. The van der Waals surface area contributed by atoms with Crippen molar-refractivity contribution in [2.75, 3.05) is 25.1 Å². The number of hydrogen-bond acceptors (Lipinski definition) is 3. The molecule has 0 spiro atoms. The lowest BCUT2D eigenvalue weighted by molar-refractivity contribution is -0.117. The van der Waals surface area contributed by atoms with Crippen molar-refractivity contribution in [2.24, 2.45) is 0 Å². The number of ether oxygens (including phenoxy) is 1. The van der Waals surface area contributed by atoms with Crippen LogP contribution in [-0.4, -0.2) is 32.0 Å². The quantitative estimate of drug-likeness (QED) is 0.910. The number of nitrogens with zero attached hydrogens (tertiary/aromatic N) is 1. The van der Waals surface area contributed by atoms with Gasteiger partial charge in [-0.3, -0.25) is 9.59 Å². The molecule has 128 valence electrons. The number of carbonyl (C=O) groups is 2. The minimum absolute atomic E-state index is 0.0836. The van der Waals surface area contributed by atoms with Gasteiger partial charge < -0.3 is 15.0 Å². The zero-order chi connectivity index (χ0) is 17.4. The Labute approximate surface area is 146 Å². The van der Waals surface area contributed by atoms with E-state index in [4.69, 9.17) is 4.74 Å². The van der Waals surface area contributed by atoms with Gasteiger partial charge in [-0.15, -0.1) is 0 Å². The number of rotatable bonds is 5. The number of methoxy groups -OCH3 is 1. The average molecular weight is 336 g/mol. The highest BCUT2D eigenvalue weighted by molar-refractivity contribution is 6.05. The van der Waals surface area contributed by atoms with Gasteiger partial charge in [-0.25, -0.2) is 0 Å². The van der Waals surface area contributed by atoms with E-state index in [-0.39, 0.29) is 11.8 Å². The van der Waals surface area contributed by atoms with Crippen LogP contribution in [0.4, 0.5) is 5.69 Å². The van der Waals surface area contributed by atoms with Crippen molar-refractivity contribution in [1.82, 2.24) is 5.32 Å². The molecule has 4 rings (SSSR count). The van der Waals surface area contributed by atoms with Gasteiger partial charge in [0.15, 0.2) is 0 Å². The maximum absolute atomic E-state index is 12.5. The molecule has 0 saturated heterocycles. The average Bonchev–Trinajstić information content (AvgIpc) is 3.19. The van der Waals surface area contributed by atoms with Gasteiger partial charge in [-0.1, -0.05) is 12.1 Å².